The summed E-state index contributed by atoms with van der Waals surface area (Å²) in [6.45, 7) is 1.16. The number of aryl methyl sites for hydroxylation is 1. The number of aliphatic hydroxyl groups excluding tert-OH is 2. The van der Waals surface area contributed by atoms with Crippen molar-refractivity contribution in [2.75, 3.05) is 30.4 Å². The Morgan fingerprint density at radius 2 is 1.84 bits per heavy atom. The number of nitrogens with one attached hydrogen (secondary N) is 2. The van der Waals surface area contributed by atoms with Gasteiger partial charge in [0, 0.05) is 30.9 Å². The Morgan fingerprint density at radius 1 is 1.19 bits per heavy atom. The van der Waals surface area contributed by atoms with E-state index in [0.717, 1.165) is 11.6 Å². The van der Waals surface area contributed by atoms with E-state index in [1.165, 1.54) is 7.11 Å². The number of methoxy groups -OCH3 is 1. The van der Waals surface area contributed by atoms with Crippen molar-refractivity contribution < 1.29 is 32.1 Å². The van der Waals surface area contributed by atoms with Crippen LogP contribution in [0.1, 0.15) is 24.8 Å². The molecule has 2 aromatic rings. The number of benzene rings is 2. The Bertz CT molecular complexity index is 1110. The van der Waals surface area contributed by atoms with E-state index in [4.69, 9.17) is 4.74 Å². The highest BCUT2D eigenvalue weighted by Crippen LogP contribution is 2.50. The quantitative estimate of drug-likeness (QED) is 0.383. The predicted octanol–water partition coefficient (Wildman–Crippen LogP) is 2.79. The van der Waals surface area contributed by atoms with E-state index in [-0.39, 0.29) is 31.1 Å². The van der Waals surface area contributed by atoms with Gasteiger partial charge >= 0.3 is 0 Å². The fraction of sp³-hybridized carbons (Fsp3) is 0.429. The molecule has 0 aliphatic heterocycles. The lowest BCUT2D eigenvalue weighted by Gasteiger charge is -2.24. The Balaban J connectivity index is 2.04. The third-order valence-electron chi connectivity index (χ3n) is 5.66. The maximum atomic E-state index is 14.9. The SMILES string of the molecule is COc1cc(F)c(F)c(Nc2ccc(C)cc2P)c1NS(=O)(=O)C1(CC(CO)CO)CC1. The standard InChI is InChI=1S/C21H27F2N2O5PS/c1-12-3-4-15(17(31)7-12)24-20-18(23)14(22)8-16(30-2)19(20)25-32(28,29)21(5-6-21)9-13(10-26)11-27/h3-4,7-8,13,24-27H,5-6,9-11,31H2,1-2H3. The molecule has 3 rings (SSSR count). The lowest BCUT2D eigenvalue weighted by atomic mass is 10.0. The zero-order valence-corrected chi connectivity index (χ0v) is 19.8. The average molecular weight is 488 g/mol. The first-order valence-corrected chi connectivity index (χ1v) is 12.1. The minimum atomic E-state index is -4.10. The minimum Gasteiger partial charge on any atom is -0.494 e. The minimum absolute atomic E-state index is 0.0395. The van der Waals surface area contributed by atoms with Crippen LogP contribution in [0.3, 0.4) is 0 Å². The molecule has 176 valence electrons. The molecule has 0 heterocycles. The van der Waals surface area contributed by atoms with Crippen molar-refractivity contribution >= 4 is 41.6 Å². The maximum absolute atomic E-state index is 14.9. The second kappa shape index (κ2) is 9.47. The third kappa shape index (κ3) is 4.83. The Labute approximate surface area is 188 Å². The lowest BCUT2D eigenvalue weighted by molar-refractivity contribution is 0.141. The van der Waals surface area contributed by atoms with Crippen molar-refractivity contribution in [3.63, 3.8) is 0 Å². The van der Waals surface area contributed by atoms with Crippen molar-refractivity contribution in [1.29, 1.82) is 0 Å². The van der Waals surface area contributed by atoms with E-state index in [9.17, 15) is 27.4 Å². The number of halogens is 2. The van der Waals surface area contributed by atoms with Crippen molar-refractivity contribution in [2.45, 2.75) is 30.9 Å². The topological polar surface area (TPSA) is 108 Å². The monoisotopic (exact) mass is 488 g/mol. The molecule has 0 radical (unpaired) electrons. The third-order valence-corrected chi connectivity index (χ3v) is 8.33. The number of ether oxygens (including phenoxy) is 1. The molecular formula is C21H27F2N2O5PS. The van der Waals surface area contributed by atoms with Crippen molar-refractivity contribution in [3.05, 3.63) is 41.5 Å². The summed E-state index contributed by atoms with van der Waals surface area (Å²) in [4.78, 5) is 0. The van der Waals surface area contributed by atoms with Gasteiger partial charge in [-0.05, 0) is 37.6 Å². The van der Waals surface area contributed by atoms with Crippen LogP contribution in [-0.4, -0.2) is 43.7 Å². The van der Waals surface area contributed by atoms with Crippen LogP contribution in [0.15, 0.2) is 24.3 Å². The zero-order chi connectivity index (χ0) is 23.7. The Morgan fingerprint density at radius 3 is 2.38 bits per heavy atom. The summed E-state index contributed by atoms with van der Waals surface area (Å²) in [6.07, 6.45) is 0.681. The van der Waals surface area contributed by atoms with Crippen molar-refractivity contribution in [3.8, 4) is 5.75 Å². The van der Waals surface area contributed by atoms with E-state index >= 15 is 0 Å². The first-order valence-electron chi connectivity index (χ1n) is 10.0. The number of hydrogen-bond acceptors (Lipinski definition) is 6. The van der Waals surface area contributed by atoms with Crippen LogP contribution in [0.25, 0.3) is 0 Å². The number of sulfonamides is 1. The molecule has 1 aliphatic carbocycles. The number of anilines is 3. The van der Waals surface area contributed by atoms with Gasteiger partial charge in [-0.25, -0.2) is 17.2 Å². The Hall–Kier alpha value is -2.00. The molecule has 7 nitrogen and oxygen atoms in total. The first kappa shape index (κ1) is 24.6. The van der Waals surface area contributed by atoms with E-state index in [2.05, 4.69) is 19.3 Å². The summed E-state index contributed by atoms with van der Waals surface area (Å²) in [5.41, 5.74) is 0.730. The maximum Gasteiger partial charge on any atom is 0.238 e. The molecule has 4 N–H and O–H groups in total. The summed E-state index contributed by atoms with van der Waals surface area (Å²) in [6, 6.07) is 6.03. The molecule has 1 saturated carbocycles. The highest BCUT2D eigenvalue weighted by Gasteiger charge is 2.55. The number of rotatable bonds is 10. The summed E-state index contributed by atoms with van der Waals surface area (Å²) in [7, 11) is -0.387. The summed E-state index contributed by atoms with van der Waals surface area (Å²) in [5.74, 6) is -3.26. The highest BCUT2D eigenvalue weighted by molar-refractivity contribution is 7.94. The molecule has 1 unspecified atom stereocenters. The van der Waals surface area contributed by atoms with Gasteiger partial charge in [-0.3, -0.25) is 4.72 Å². The van der Waals surface area contributed by atoms with Crippen molar-refractivity contribution in [1.82, 2.24) is 0 Å². The van der Waals surface area contributed by atoms with Crippen LogP contribution in [0.4, 0.5) is 25.8 Å². The van der Waals surface area contributed by atoms with Crippen LogP contribution in [0.2, 0.25) is 0 Å². The zero-order valence-electron chi connectivity index (χ0n) is 17.8. The number of hydrogen-bond donors (Lipinski definition) is 4. The second-order valence-corrected chi connectivity index (χ2v) is 10.8. The fourth-order valence-corrected chi connectivity index (χ4v) is 5.80. The molecule has 1 fully saturated rings. The smallest absolute Gasteiger partial charge is 0.238 e. The largest absolute Gasteiger partial charge is 0.494 e. The lowest BCUT2D eigenvalue weighted by Crippen LogP contribution is -2.34. The first-order chi connectivity index (χ1) is 15.1. The van der Waals surface area contributed by atoms with Crippen LogP contribution in [-0.2, 0) is 10.0 Å². The van der Waals surface area contributed by atoms with E-state index < -0.39 is 38.0 Å². The van der Waals surface area contributed by atoms with E-state index in [0.29, 0.717) is 23.8 Å². The molecule has 1 aliphatic rings. The van der Waals surface area contributed by atoms with E-state index in [1.54, 1.807) is 12.1 Å². The number of aliphatic hydroxyl groups is 2. The average Bonchev–Trinajstić information content (AvgIpc) is 3.54. The molecule has 11 heteroatoms. The van der Waals surface area contributed by atoms with Crippen LogP contribution in [0, 0.1) is 24.5 Å². The second-order valence-electron chi connectivity index (χ2n) is 8.06. The molecule has 0 amide bonds. The summed E-state index contributed by atoms with van der Waals surface area (Å²) >= 11 is 0. The predicted molar refractivity (Wildman–Crippen MR) is 124 cm³/mol. The van der Waals surface area contributed by atoms with Gasteiger partial charge in [0.15, 0.2) is 11.6 Å². The van der Waals surface area contributed by atoms with Gasteiger partial charge in [0.25, 0.3) is 0 Å². The fourth-order valence-electron chi connectivity index (χ4n) is 3.59. The summed E-state index contributed by atoms with van der Waals surface area (Å²) < 4.78 is 62.0. The molecule has 2 aromatic carbocycles. The highest BCUT2D eigenvalue weighted by atomic mass is 32.2. The van der Waals surface area contributed by atoms with Crippen LogP contribution < -0.4 is 20.1 Å². The van der Waals surface area contributed by atoms with Gasteiger partial charge in [0.05, 0.1) is 11.9 Å². The molecule has 0 bridgehead atoms. The molecule has 1 atom stereocenters. The van der Waals surface area contributed by atoms with Crippen LogP contribution in [0.5, 0.6) is 5.75 Å². The molecule has 0 spiro atoms. The van der Waals surface area contributed by atoms with E-state index in [1.807, 2.05) is 13.0 Å². The molecule has 32 heavy (non-hydrogen) atoms. The van der Waals surface area contributed by atoms with Gasteiger partial charge in [-0.2, -0.15) is 0 Å². The van der Waals surface area contributed by atoms with Crippen molar-refractivity contribution in [2.24, 2.45) is 5.92 Å². The van der Waals surface area contributed by atoms with Gasteiger partial charge in [-0.15, -0.1) is 9.24 Å². The van der Waals surface area contributed by atoms with Gasteiger partial charge in [0.2, 0.25) is 10.0 Å². The van der Waals surface area contributed by atoms with Gasteiger partial charge in [0.1, 0.15) is 17.1 Å². The van der Waals surface area contributed by atoms with Crippen LogP contribution >= 0.6 is 9.24 Å². The molecule has 0 saturated heterocycles. The van der Waals surface area contributed by atoms with Gasteiger partial charge < -0.3 is 20.3 Å². The Kier molecular flexibility index (Phi) is 7.29. The van der Waals surface area contributed by atoms with Gasteiger partial charge in [-0.1, -0.05) is 17.7 Å². The summed E-state index contributed by atoms with van der Waals surface area (Å²) in [5, 5.41) is 22.2. The normalized spacial score (nSPS) is 15.0. The molecular weight excluding hydrogens is 461 g/mol. The molecule has 0 aromatic heterocycles.